The van der Waals surface area contributed by atoms with Gasteiger partial charge < -0.3 is 4.74 Å². The van der Waals surface area contributed by atoms with E-state index in [0.29, 0.717) is 6.58 Å². The van der Waals surface area contributed by atoms with Crippen LogP contribution >= 0.6 is 0 Å². The smallest absolute Gasteiger partial charge is 0 e. The van der Waals surface area contributed by atoms with Crippen molar-refractivity contribution in [1.29, 1.82) is 0 Å². The summed E-state index contributed by atoms with van der Waals surface area (Å²) in [5.41, 5.74) is 0. The maximum Gasteiger partial charge on any atom is 0 e. The Bertz CT molecular complexity index is 45.0. The molecule has 0 bridgehead atoms. The second-order valence-electron chi connectivity index (χ2n) is 0.878. The summed E-state index contributed by atoms with van der Waals surface area (Å²) in [7, 11) is 0. The predicted octanol–water partition coefficient (Wildman–Crippen LogP) is 1.20. The van der Waals surface area contributed by atoms with Crippen LogP contribution in [0.15, 0.2) is 0 Å². The molecule has 0 saturated carbocycles. The summed E-state index contributed by atoms with van der Waals surface area (Å²) >= 11 is 0. The van der Waals surface area contributed by atoms with Crippen LogP contribution in [0.2, 0.25) is 0 Å². The molecule has 1 atom stereocenters. The molecule has 2 heteroatoms. The molecule has 0 spiro atoms. The van der Waals surface area contributed by atoms with Crippen LogP contribution < -0.4 is 0 Å². The molecule has 1 nitrogen and oxygen atoms in total. The van der Waals surface area contributed by atoms with E-state index in [-0.39, 0.29) is 34.6 Å². The summed E-state index contributed by atoms with van der Waals surface area (Å²) < 4.78 is 11.1. The second kappa shape index (κ2) is 3.83. The Morgan fingerprint density at radius 2 is 2.17 bits per heavy atom. The fraction of sp³-hybridized carbons (Fsp3) is 0.750. The fourth-order valence-electron chi connectivity index (χ4n) is 0.0680. The summed E-state index contributed by atoms with van der Waals surface area (Å²) in [6.45, 7) is 2.27. The molecule has 1 saturated heterocycles. The van der Waals surface area contributed by atoms with E-state index in [1.165, 1.54) is 0 Å². The number of hydrogen-bond donors (Lipinski definition) is 0. The van der Waals surface area contributed by atoms with Gasteiger partial charge in [-0.1, -0.05) is 20.5 Å². The largest absolute Gasteiger partial charge is 0.570 e. The zero-order chi connectivity index (χ0) is 3.86. The summed E-state index contributed by atoms with van der Waals surface area (Å²) in [4.78, 5) is 0. The average molecular weight is 258 g/mol. The third-order valence-corrected chi connectivity index (χ3v) is 0.354. The predicted molar refractivity (Wildman–Crippen MR) is 21.6 cm³/mol. The average Bonchev–Trinajstić information content (AvgIpc) is 1.79. The van der Waals surface area contributed by atoms with Crippen molar-refractivity contribution < 1.29 is 27.2 Å². The Kier molecular flexibility index (Phi) is 4.24. The van der Waals surface area contributed by atoms with Gasteiger partial charge in [-0.15, -0.1) is 0 Å². The standard InChI is InChI=1S/C3H5O.CH4.W/c1-3-2-4-3;;/h2-3H,1H3;1H4;/q-1;;/i2D;;. The second-order valence-corrected chi connectivity index (χ2v) is 0.878. The van der Waals surface area contributed by atoms with E-state index in [4.69, 9.17) is 1.37 Å². The third-order valence-electron chi connectivity index (χ3n) is 0.354. The molecule has 38 valence electrons. The first-order valence-corrected chi connectivity index (χ1v) is 1.31. The zero-order valence-corrected chi connectivity index (χ0v) is 5.83. The molecule has 1 rings (SSSR count). The van der Waals surface area contributed by atoms with Crippen molar-refractivity contribution >= 4 is 0 Å². The van der Waals surface area contributed by atoms with Gasteiger partial charge in [0.05, 0.1) is 0 Å². The van der Waals surface area contributed by atoms with Gasteiger partial charge in [-0.05, 0) is 0 Å². The van der Waals surface area contributed by atoms with Gasteiger partial charge in [0.2, 0.25) is 0 Å². The normalized spacial score (nSPS) is 32.2. The molecule has 1 heterocycles. The first-order valence-electron chi connectivity index (χ1n) is 1.81. The summed E-state index contributed by atoms with van der Waals surface area (Å²) in [6, 6.07) is 0. The molecule has 1 unspecified atom stereocenters. The van der Waals surface area contributed by atoms with E-state index >= 15 is 0 Å². The van der Waals surface area contributed by atoms with Crippen LogP contribution in [0.5, 0.6) is 0 Å². The van der Waals surface area contributed by atoms with Gasteiger partial charge in [-0.2, -0.15) is 7.95 Å². The van der Waals surface area contributed by atoms with Crippen molar-refractivity contribution in [3.05, 3.63) is 6.58 Å². The molecule has 1 aliphatic rings. The van der Waals surface area contributed by atoms with E-state index < -0.39 is 0 Å². The molecule has 1 aliphatic heterocycles. The number of epoxide rings is 1. The molecule has 0 aromatic rings. The number of rotatable bonds is 0. The van der Waals surface area contributed by atoms with Crippen molar-refractivity contribution in [3.63, 3.8) is 0 Å². The molecular weight excluding hydrogens is 248 g/mol. The van der Waals surface area contributed by atoms with E-state index in [9.17, 15) is 0 Å². The molecule has 1 fully saturated rings. The Balaban J connectivity index is 0. The Labute approximate surface area is 54.7 Å². The number of hydrogen-bond acceptors (Lipinski definition) is 1. The minimum absolute atomic E-state index is 0. The molecule has 0 aliphatic carbocycles. The van der Waals surface area contributed by atoms with Crippen LogP contribution in [0.3, 0.4) is 0 Å². The molecule has 0 radical (unpaired) electrons. The van der Waals surface area contributed by atoms with Crippen LogP contribution in [-0.2, 0) is 25.8 Å². The Morgan fingerprint density at radius 1 is 2.00 bits per heavy atom. The first kappa shape index (κ1) is 6.65. The summed E-state index contributed by atoms with van der Waals surface area (Å²) in [5, 5.41) is 0. The Hall–Kier alpha value is 0.648. The van der Waals surface area contributed by atoms with Crippen molar-refractivity contribution in [1.82, 2.24) is 0 Å². The summed E-state index contributed by atoms with van der Waals surface area (Å²) in [6.07, 6.45) is 0.134. The van der Waals surface area contributed by atoms with Crippen molar-refractivity contribution in [2.45, 2.75) is 20.5 Å². The zero-order valence-electron chi connectivity index (χ0n) is 3.89. The van der Waals surface area contributed by atoms with Gasteiger partial charge in [0.1, 0.15) is 0 Å². The monoisotopic (exact) mass is 258 g/mol. The fourth-order valence-corrected chi connectivity index (χ4v) is 0.0680. The van der Waals surface area contributed by atoms with E-state index in [1.54, 1.807) is 0 Å². The maximum absolute atomic E-state index is 6.59. The molecular formula is C4H9OW-. The minimum atomic E-state index is 0. The molecule has 0 aromatic heterocycles. The van der Waals surface area contributed by atoms with Gasteiger partial charge in [0.25, 0.3) is 0 Å². The van der Waals surface area contributed by atoms with Gasteiger partial charge >= 0.3 is 0 Å². The third kappa shape index (κ3) is 4.65. The summed E-state index contributed by atoms with van der Waals surface area (Å²) in [5.74, 6) is 0. The van der Waals surface area contributed by atoms with Crippen LogP contribution in [0.25, 0.3) is 0 Å². The van der Waals surface area contributed by atoms with E-state index in [2.05, 4.69) is 4.74 Å². The minimum Gasteiger partial charge on any atom is -0.570 e. The van der Waals surface area contributed by atoms with Gasteiger partial charge in [-0.3, -0.25) is 0 Å². The molecule has 6 heavy (non-hydrogen) atoms. The van der Waals surface area contributed by atoms with Crippen LogP contribution in [0.4, 0.5) is 0 Å². The van der Waals surface area contributed by atoms with Crippen LogP contribution in [0, 0.1) is 6.58 Å². The molecule has 0 N–H and O–H groups in total. The van der Waals surface area contributed by atoms with Crippen LogP contribution in [-0.4, -0.2) is 6.10 Å². The van der Waals surface area contributed by atoms with Gasteiger partial charge in [-0.25, -0.2) is 0 Å². The first-order chi connectivity index (χ1) is 2.30. The molecule has 0 aromatic carbocycles. The van der Waals surface area contributed by atoms with Crippen molar-refractivity contribution in [3.8, 4) is 0 Å². The SMILES string of the molecule is C.[2H][C-]1OC1C.[W]. The van der Waals surface area contributed by atoms with E-state index in [1.807, 2.05) is 6.92 Å². The quantitative estimate of drug-likeness (QED) is 0.470. The van der Waals surface area contributed by atoms with Gasteiger partial charge in [0, 0.05) is 21.1 Å². The Morgan fingerprint density at radius 3 is 2.17 bits per heavy atom. The maximum atomic E-state index is 6.59. The van der Waals surface area contributed by atoms with E-state index in [0.717, 1.165) is 0 Å². The topological polar surface area (TPSA) is 12.5 Å². The van der Waals surface area contributed by atoms with Crippen molar-refractivity contribution in [2.75, 3.05) is 0 Å². The number of ether oxygens (including phenoxy) is 1. The van der Waals surface area contributed by atoms with Gasteiger partial charge in [0.15, 0.2) is 0 Å². The van der Waals surface area contributed by atoms with Crippen molar-refractivity contribution in [2.24, 2.45) is 0 Å². The molecule has 0 amide bonds. The van der Waals surface area contributed by atoms with Crippen LogP contribution in [0.1, 0.15) is 15.7 Å².